The first-order valence-corrected chi connectivity index (χ1v) is 7.37. The molecule has 3 heterocycles. The molecule has 0 aromatic carbocycles. The second kappa shape index (κ2) is 6.19. The maximum atomic E-state index is 12.4. The van der Waals surface area contributed by atoms with Crippen molar-refractivity contribution in [2.75, 3.05) is 13.1 Å². The number of aliphatic carboxylic acids is 1. The summed E-state index contributed by atoms with van der Waals surface area (Å²) < 4.78 is 1.59. The second-order valence-corrected chi connectivity index (χ2v) is 5.87. The first-order valence-electron chi connectivity index (χ1n) is 7.37. The van der Waals surface area contributed by atoms with Crippen molar-refractivity contribution >= 4 is 11.9 Å². The molecule has 0 bridgehead atoms. The van der Waals surface area contributed by atoms with Gasteiger partial charge in [-0.1, -0.05) is 0 Å². The Kier molecular flexibility index (Phi) is 4.09. The SMILES string of the molecule is Cc1cnn(CC(=O)N2C[C@@H](CC(=O)O)[C@@H](c3cn[nH]n3)C2)c1. The number of hydrogen-bond acceptors (Lipinski definition) is 5. The first-order chi connectivity index (χ1) is 11.0. The quantitative estimate of drug-likeness (QED) is 0.803. The van der Waals surface area contributed by atoms with E-state index in [4.69, 9.17) is 5.11 Å². The number of hydrogen-bond donors (Lipinski definition) is 2. The van der Waals surface area contributed by atoms with Crippen molar-refractivity contribution < 1.29 is 14.7 Å². The number of likely N-dealkylation sites (tertiary alicyclic amines) is 1. The Morgan fingerprint density at radius 1 is 1.39 bits per heavy atom. The molecule has 0 saturated carbocycles. The minimum atomic E-state index is -0.875. The number of rotatable bonds is 5. The van der Waals surface area contributed by atoms with Gasteiger partial charge in [0.15, 0.2) is 0 Å². The molecule has 0 unspecified atom stereocenters. The molecule has 1 fully saturated rings. The second-order valence-electron chi connectivity index (χ2n) is 5.87. The number of H-pyrrole nitrogens is 1. The van der Waals surface area contributed by atoms with Crippen LogP contribution in [0.5, 0.6) is 0 Å². The van der Waals surface area contributed by atoms with Gasteiger partial charge in [0.05, 0.1) is 24.5 Å². The predicted molar refractivity (Wildman–Crippen MR) is 78.4 cm³/mol. The van der Waals surface area contributed by atoms with Gasteiger partial charge in [-0.2, -0.15) is 20.5 Å². The normalized spacial score (nSPS) is 20.8. The van der Waals surface area contributed by atoms with E-state index in [-0.39, 0.29) is 30.7 Å². The summed E-state index contributed by atoms with van der Waals surface area (Å²) in [6, 6.07) is 0. The summed E-state index contributed by atoms with van der Waals surface area (Å²) in [7, 11) is 0. The molecule has 1 saturated heterocycles. The number of aromatic nitrogens is 5. The van der Waals surface area contributed by atoms with Crippen LogP contribution >= 0.6 is 0 Å². The summed E-state index contributed by atoms with van der Waals surface area (Å²) in [6.07, 6.45) is 5.09. The van der Waals surface area contributed by atoms with Crippen LogP contribution in [0.3, 0.4) is 0 Å². The summed E-state index contributed by atoms with van der Waals surface area (Å²) in [4.78, 5) is 25.2. The Morgan fingerprint density at radius 2 is 2.22 bits per heavy atom. The van der Waals surface area contributed by atoms with Crippen LogP contribution in [0.25, 0.3) is 0 Å². The zero-order valence-electron chi connectivity index (χ0n) is 12.7. The maximum absolute atomic E-state index is 12.4. The van der Waals surface area contributed by atoms with E-state index in [1.807, 2.05) is 6.92 Å². The molecule has 2 atom stereocenters. The fourth-order valence-corrected chi connectivity index (χ4v) is 3.02. The lowest BCUT2D eigenvalue weighted by molar-refractivity contribution is -0.138. The molecule has 23 heavy (non-hydrogen) atoms. The van der Waals surface area contributed by atoms with Crippen LogP contribution in [-0.2, 0) is 16.1 Å². The lowest BCUT2D eigenvalue weighted by Gasteiger charge is -2.16. The third kappa shape index (κ3) is 3.38. The van der Waals surface area contributed by atoms with Crippen LogP contribution in [0.4, 0.5) is 0 Å². The number of carbonyl (C=O) groups excluding carboxylic acids is 1. The summed E-state index contributed by atoms with van der Waals surface area (Å²) >= 11 is 0. The van der Waals surface area contributed by atoms with Crippen molar-refractivity contribution in [2.45, 2.75) is 25.8 Å². The number of carboxylic acid groups (broad SMARTS) is 1. The Balaban J connectivity index is 1.71. The predicted octanol–water partition coefficient (Wildman–Crippen LogP) is 0.0265. The molecule has 0 aliphatic carbocycles. The van der Waals surface area contributed by atoms with E-state index in [1.165, 1.54) is 0 Å². The minimum Gasteiger partial charge on any atom is -0.481 e. The third-order valence-electron chi connectivity index (χ3n) is 4.10. The highest BCUT2D eigenvalue weighted by molar-refractivity contribution is 5.76. The Labute approximate surface area is 132 Å². The van der Waals surface area contributed by atoms with Crippen molar-refractivity contribution in [3.63, 3.8) is 0 Å². The standard InChI is InChI=1S/C14H18N6O3/c1-9-3-16-20(5-9)8-13(21)19-6-10(2-14(22)23)11(7-19)12-4-15-18-17-12/h3-5,10-11H,2,6-8H2,1H3,(H,22,23)(H,15,17,18)/t10-,11+/m1/s1. The monoisotopic (exact) mass is 318 g/mol. The van der Waals surface area contributed by atoms with Crippen molar-refractivity contribution in [1.82, 2.24) is 30.1 Å². The van der Waals surface area contributed by atoms with Gasteiger partial charge in [0.2, 0.25) is 5.91 Å². The van der Waals surface area contributed by atoms with Crippen LogP contribution in [0, 0.1) is 12.8 Å². The van der Waals surface area contributed by atoms with E-state index in [0.717, 1.165) is 5.56 Å². The molecule has 2 aromatic heterocycles. The van der Waals surface area contributed by atoms with Gasteiger partial charge in [-0.25, -0.2) is 0 Å². The van der Waals surface area contributed by atoms with Gasteiger partial charge >= 0.3 is 5.97 Å². The van der Waals surface area contributed by atoms with Gasteiger partial charge < -0.3 is 10.0 Å². The number of nitrogens with one attached hydrogen (secondary N) is 1. The summed E-state index contributed by atoms with van der Waals surface area (Å²) in [6.45, 7) is 2.92. The van der Waals surface area contributed by atoms with Gasteiger partial charge in [-0.3, -0.25) is 14.3 Å². The van der Waals surface area contributed by atoms with Crippen LogP contribution in [-0.4, -0.2) is 60.2 Å². The van der Waals surface area contributed by atoms with Gasteiger partial charge in [-0.15, -0.1) is 0 Å². The van der Waals surface area contributed by atoms with Crippen molar-refractivity contribution in [2.24, 2.45) is 5.92 Å². The van der Waals surface area contributed by atoms with E-state index in [2.05, 4.69) is 20.5 Å². The molecule has 1 aliphatic rings. The highest BCUT2D eigenvalue weighted by atomic mass is 16.4. The highest BCUT2D eigenvalue weighted by Gasteiger charge is 2.38. The molecule has 9 nitrogen and oxygen atoms in total. The molecular weight excluding hydrogens is 300 g/mol. The van der Waals surface area contributed by atoms with Crippen LogP contribution < -0.4 is 0 Å². The van der Waals surface area contributed by atoms with Crippen LogP contribution in [0.1, 0.15) is 23.6 Å². The van der Waals surface area contributed by atoms with E-state index in [0.29, 0.717) is 18.8 Å². The zero-order valence-corrected chi connectivity index (χ0v) is 12.7. The maximum Gasteiger partial charge on any atom is 0.303 e. The molecule has 9 heteroatoms. The largest absolute Gasteiger partial charge is 0.481 e. The molecule has 2 aromatic rings. The molecule has 0 radical (unpaired) electrons. The van der Waals surface area contributed by atoms with Crippen molar-refractivity contribution in [1.29, 1.82) is 0 Å². The number of carbonyl (C=O) groups is 2. The average molecular weight is 318 g/mol. The van der Waals surface area contributed by atoms with Crippen molar-refractivity contribution in [3.05, 3.63) is 29.8 Å². The Bertz CT molecular complexity index is 695. The molecule has 0 spiro atoms. The number of aromatic amines is 1. The van der Waals surface area contributed by atoms with E-state index >= 15 is 0 Å². The number of amides is 1. The summed E-state index contributed by atoms with van der Waals surface area (Å²) in [5.41, 5.74) is 1.69. The Morgan fingerprint density at radius 3 is 2.83 bits per heavy atom. The van der Waals surface area contributed by atoms with Crippen molar-refractivity contribution in [3.8, 4) is 0 Å². The number of carboxylic acids is 1. The Hall–Kier alpha value is -2.71. The fraction of sp³-hybridized carbons (Fsp3) is 0.500. The smallest absolute Gasteiger partial charge is 0.303 e. The average Bonchev–Trinajstić information content (AvgIpc) is 3.18. The van der Waals surface area contributed by atoms with E-state index in [1.54, 1.807) is 28.2 Å². The summed E-state index contributed by atoms with van der Waals surface area (Å²) in [5.74, 6) is -1.23. The highest BCUT2D eigenvalue weighted by Crippen LogP contribution is 2.33. The third-order valence-corrected chi connectivity index (χ3v) is 4.10. The van der Waals surface area contributed by atoms with Gasteiger partial charge in [0.25, 0.3) is 0 Å². The summed E-state index contributed by atoms with van der Waals surface area (Å²) in [5, 5.41) is 23.6. The molecule has 2 N–H and O–H groups in total. The lowest BCUT2D eigenvalue weighted by atomic mass is 9.91. The molecular formula is C14H18N6O3. The van der Waals surface area contributed by atoms with E-state index in [9.17, 15) is 9.59 Å². The van der Waals surface area contributed by atoms with Crippen LogP contribution in [0.2, 0.25) is 0 Å². The zero-order chi connectivity index (χ0) is 16.4. The van der Waals surface area contributed by atoms with Gasteiger partial charge in [0.1, 0.15) is 6.54 Å². The van der Waals surface area contributed by atoms with Crippen LogP contribution in [0.15, 0.2) is 18.6 Å². The molecule has 1 amide bonds. The molecule has 122 valence electrons. The first kappa shape index (κ1) is 15.2. The van der Waals surface area contributed by atoms with Gasteiger partial charge in [-0.05, 0) is 18.4 Å². The van der Waals surface area contributed by atoms with E-state index < -0.39 is 5.97 Å². The number of nitrogens with zero attached hydrogens (tertiary/aromatic N) is 5. The molecule has 1 aliphatic heterocycles. The van der Waals surface area contributed by atoms with Gasteiger partial charge in [0, 0.05) is 25.2 Å². The minimum absolute atomic E-state index is 0.00217. The number of aryl methyl sites for hydroxylation is 1. The lowest BCUT2D eigenvalue weighted by Crippen LogP contribution is -2.32. The molecule has 3 rings (SSSR count). The topological polar surface area (TPSA) is 117 Å². The fourth-order valence-electron chi connectivity index (χ4n) is 3.02.